The van der Waals surface area contributed by atoms with Crippen LogP contribution in [-0.2, 0) is 9.59 Å². The number of halogens is 1. The highest BCUT2D eigenvalue weighted by Gasteiger charge is 2.19. The molecule has 170 valence electrons. The zero-order valence-corrected chi connectivity index (χ0v) is 18.3. The molecule has 0 bridgehead atoms. The van der Waals surface area contributed by atoms with Gasteiger partial charge >= 0.3 is 0 Å². The van der Waals surface area contributed by atoms with Crippen molar-refractivity contribution in [2.24, 2.45) is 0 Å². The molecule has 1 heterocycles. The van der Waals surface area contributed by atoms with Crippen molar-refractivity contribution in [3.63, 3.8) is 0 Å². The van der Waals surface area contributed by atoms with Crippen LogP contribution in [0.4, 0.5) is 15.9 Å². The summed E-state index contributed by atoms with van der Waals surface area (Å²) in [5.74, 6) is -1.94. The smallest absolute Gasteiger partial charge is 0.277 e. The number of rotatable bonds is 7. The molecule has 3 rings (SSSR count). The number of nitrogens with zero attached hydrogens (tertiary/aromatic N) is 1. The number of thioether (sulfide) groups is 1. The van der Waals surface area contributed by atoms with E-state index in [-0.39, 0.29) is 39.9 Å². The Kier molecular flexibility index (Phi) is 7.98. The highest BCUT2D eigenvalue weighted by molar-refractivity contribution is 7.99. The average Bonchev–Trinajstić information content (AvgIpc) is 2.75. The van der Waals surface area contributed by atoms with Gasteiger partial charge in [-0.15, -0.1) is 0 Å². The molecular formula is C21H24FN5O4S. The van der Waals surface area contributed by atoms with Gasteiger partial charge in [0.25, 0.3) is 11.5 Å². The first-order valence-electron chi connectivity index (χ1n) is 10.2. The molecule has 0 radical (unpaired) electrons. The molecule has 9 nitrogen and oxygen atoms in total. The molecule has 0 spiro atoms. The Morgan fingerprint density at radius 3 is 2.47 bits per heavy atom. The van der Waals surface area contributed by atoms with Gasteiger partial charge in [-0.05, 0) is 37.1 Å². The van der Waals surface area contributed by atoms with Crippen LogP contribution in [0.1, 0.15) is 49.4 Å². The number of nitrogens with one attached hydrogen (secondary N) is 4. The summed E-state index contributed by atoms with van der Waals surface area (Å²) in [4.78, 5) is 55.5. The Hall–Kier alpha value is -3.21. The molecule has 32 heavy (non-hydrogen) atoms. The zero-order valence-electron chi connectivity index (χ0n) is 17.5. The Bertz CT molecular complexity index is 1050. The Balaban J connectivity index is 1.72. The lowest BCUT2D eigenvalue weighted by molar-refractivity contribution is -0.119. The first-order chi connectivity index (χ1) is 15.3. The van der Waals surface area contributed by atoms with Crippen LogP contribution in [0.2, 0.25) is 0 Å². The second-order valence-electron chi connectivity index (χ2n) is 7.43. The quantitative estimate of drug-likeness (QED) is 0.370. The van der Waals surface area contributed by atoms with Crippen molar-refractivity contribution in [3.05, 3.63) is 46.0 Å². The standard InChI is InChI=1S/C21H24FN5O4S/c1-12(28)23-18-17(25-19(30)13-7-9-14(22)10-8-13)20(31)27-21(26-18)32-11-16(29)24-15-5-3-2-4-6-15/h7-10,15H,2-6,11H2,1H3,(H,24,29)(H,25,30)(H2,23,26,27,28,31). The van der Waals surface area contributed by atoms with Gasteiger partial charge in [-0.3, -0.25) is 24.2 Å². The lowest BCUT2D eigenvalue weighted by Crippen LogP contribution is -2.37. The predicted octanol–water partition coefficient (Wildman–Crippen LogP) is 2.66. The van der Waals surface area contributed by atoms with Crippen LogP contribution < -0.4 is 21.5 Å². The maximum atomic E-state index is 13.1. The summed E-state index contributed by atoms with van der Waals surface area (Å²) >= 11 is 1.01. The van der Waals surface area contributed by atoms with E-state index in [0.29, 0.717) is 0 Å². The Morgan fingerprint density at radius 1 is 1.12 bits per heavy atom. The van der Waals surface area contributed by atoms with Crippen LogP contribution in [0.3, 0.4) is 0 Å². The van der Waals surface area contributed by atoms with Gasteiger partial charge in [0.2, 0.25) is 11.8 Å². The fourth-order valence-electron chi connectivity index (χ4n) is 3.33. The van der Waals surface area contributed by atoms with Crippen LogP contribution in [-0.4, -0.2) is 39.5 Å². The largest absolute Gasteiger partial charge is 0.353 e. The van der Waals surface area contributed by atoms with E-state index in [2.05, 4.69) is 25.9 Å². The zero-order chi connectivity index (χ0) is 23.1. The third-order valence-electron chi connectivity index (χ3n) is 4.85. The van der Waals surface area contributed by atoms with E-state index in [1.54, 1.807) is 0 Å². The first-order valence-corrected chi connectivity index (χ1v) is 11.2. The summed E-state index contributed by atoms with van der Waals surface area (Å²) in [5, 5.41) is 7.91. The van der Waals surface area contributed by atoms with Crippen LogP contribution in [0.5, 0.6) is 0 Å². The van der Waals surface area contributed by atoms with Crippen molar-refractivity contribution in [2.75, 3.05) is 16.4 Å². The minimum absolute atomic E-state index is 0.0419. The van der Waals surface area contributed by atoms with Crippen molar-refractivity contribution >= 4 is 41.0 Å². The van der Waals surface area contributed by atoms with Gasteiger partial charge in [0.1, 0.15) is 5.82 Å². The number of H-pyrrole nitrogens is 1. The minimum atomic E-state index is -0.700. The molecule has 1 aliphatic rings. The maximum Gasteiger partial charge on any atom is 0.277 e. The summed E-state index contributed by atoms with van der Waals surface area (Å²) < 4.78 is 13.1. The fourth-order valence-corrected chi connectivity index (χ4v) is 4.00. The molecule has 2 aromatic rings. The predicted molar refractivity (Wildman–Crippen MR) is 119 cm³/mol. The van der Waals surface area contributed by atoms with E-state index >= 15 is 0 Å². The van der Waals surface area contributed by atoms with Crippen LogP contribution >= 0.6 is 11.8 Å². The summed E-state index contributed by atoms with van der Waals surface area (Å²) in [6.07, 6.45) is 5.29. The molecule has 1 aliphatic carbocycles. The van der Waals surface area contributed by atoms with Crippen molar-refractivity contribution in [1.29, 1.82) is 0 Å². The molecule has 1 aromatic carbocycles. The lowest BCUT2D eigenvalue weighted by Gasteiger charge is -2.22. The summed E-state index contributed by atoms with van der Waals surface area (Å²) in [6.45, 7) is 1.23. The molecule has 11 heteroatoms. The molecule has 1 aromatic heterocycles. The molecular weight excluding hydrogens is 437 g/mol. The topological polar surface area (TPSA) is 133 Å². The molecule has 1 saturated carbocycles. The van der Waals surface area contributed by atoms with E-state index in [9.17, 15) is 23.6 Å². The highest BCUT2D eigenvalue weighted by Crippen LogP contribution is 2.21. The third kappa shape index (κ3) is 6.64. The van der Waals surface area contributed by atoms with Crippen LogP contribution in [0, 0.1) is 5.82 Å². The van der Waals surface area contributed by atoms with Crippen molar-refractivity contribution in [2.45, 2.75) is 50.2 Å². The molecule has 1 fully saturated rings. The third-order valence-corrected chi connectivity index (χ3v) is 5.72. The van der Waals surface area contributed by atoms with Gasteiger partial charge in [0.05, 0.1) is 5.75 Å². The van der Waals surface area contributed by atoms with Gasteiger partial charge < -0.3 is 16.0 Å². The van der Waals surface area contributed by atoms with Gasteiger partial charge in [-0.2, -0.15) is 0 Å². The van der Waals surface area contributed by atoms with Crippen LogP contribution in [0.15, 0.2) is 34.2 Å². The van der Waals surface area contributed by atoms with E-state index in [4.69, 9.17) is 0 Å². The van der Waals surface area contributed by atoms with E-state index in [1.807, 2.05) is 0 Å². The summed E-state index contributed by atoms with van der Waals surface area (Å²) in [5.41, 5.74) is -0.836. The van der Waals surface area contributed by atoms with E-state index < -0.39 is 23.2 Å². The van der Waals surface area contributed by atoms with E-state index in [1.165, 1.54) is 25.5 Å². The first kappa shape index (κ1) is 23.5. The van der Waals surface area contributed by atoms with Crippen molar-refractivity contribution in [3.8, 4) is 0 Å². The average molecular weight is 462 g/mol. The van der Waals surface area contributed by atoms with Crippen molar-refractivity contribution < 1.29 is 18.8 Å². The lowest BCUT2D eigenvalue weighted by atomic mass is 9.95. The molecule has 4 N–H and O–H groups in total. The second kappa shape index (κ2) is 10.9. The second-order valence-corrected chi connectivity index (χ2v) is 8.39. The number of hydrogen-bond acceptors (Lipinski definition) is 6. The monoisotopic (exact) mass is 461 g/mol. The molecule has 0 saturated heterocycles. The highest BCUT2D eigenvalue weighted by atomic mass is 32.2. The number of carbonyl (C=O) groups is 3. The van der Waals surface area contributed by atoms with Gasteiger partial charge in [-0.25, -0.2) is 9.37 Å². The maximum absolute atomic E-state index is 13.1. The number of amides is 3. The number of benzene rings is 1. The number of carbonyl (C=O) groups excluding carboxylic acids is 3. The molecule has 3 amide bonds. The summed E-state index contributed by atoms with van der Waals surface area (Å²) in [6, 6.07) is 4.93. The van der Waals surface area contributed by atoms with E-state index in [0.717, 1.165) is 49.6 Å². The number of anilines is 2. The molecule has 0 unspecified atom stereocenters. The van der Waals surface area contributed by atoms with Gasteiger partial charge in [-0.1, -0.05) is 31.0 Å². The van der Waals surface area contributed by atoms with Crippen molar-refractivity contribution in [1.82, 2.24) is 15.3 Å². The molecule has 0 aliphatic heterocycles. The Morgan fingerprint density at radius 2 is 1.81 bits per heavy atom. The number of hydrogen-bond donors (Lipinski definition) is 4. The van der Waals surface area contributed by atoms with Gasteiger partial charge in [0.15, 0.2) is 16.7 Å². The fraction of sp³-hybridized carbons (Fsp3) is 0.381. The number of aromatic nitrogens is 2. The van der Waals surface area contributed by atoms with Crippen LogP contribution in [0.25, 0.3) is 0 Å². The number of aromatic amines is 1. The summed E-state index contributed by atoms with van der Waals surface area (Å²) in [7, 11) is 0. The Labute approximate surface area is 188 Å². The normalized spacial score (nSPS) is 13.9. The minimum Gasteiger partial charge on any atom is -0.353 e. The SMILES string of the molecule is CC(=O)Nc1nc(SCC(=O)NC2CCCCC2)[nH]c(=O)c1NC(=O)c1ccc(F)cc1. The van der Waals surface area contributed by atoms with Gasteiger partial charge in [0, 0.05) is 18.5 Å². The molecule has 0 atom stereocenters.